The Morgan fingerprint density at radius 3 is 2.77 bits per heavy atom. The summed E-state index contributed by atoms with van der Waals surface area (Å²) in [6, 6.07) is 9.62. The van der Waals surface area contributed by atoms with Gasteiger partial charge in [0.1, 0.15) is 11.5 Å². The molecule has 0 spiro atoms. The molecule has 0 saturated heterocycles. The summed E-state index contributed by atoms with van der Waals surface area (Å²) in [4.78, 5) is 23.9. The van der Waals surface area contributed by atoms with Crippen LogP contribution in [-0.2, 0) is 11.2 Å². The number of hydrogen-bond donors (Lipinski definition) is 0. The number of nitrogens with zero attached hydrogens (tertiary/aromatic N) is 4. The number of thioether (sulfide) groups is 1. The van der Waals surface area contributed by atoms with Crippen LogP contribution >= 0.6 is 23.1 Å². The zero-order valence-electron chi connectivity index (χ0n) is 11.7. The van der Waals surface area contributed by atoms with E-state index < -0.39 is 0 Å². The van der Waals surface area contributed by atoms with Crippen molar-refractivity contribution in [1.29, 1.82) is 0 Å². The van der Waals surface area contributed by atoms with Gasteiger partial charge in [-0.15, -0.1) is 15.3 Å². The molecule has 0 atom stereocenters. The van der Waals surface area contributed by atoms with Crippen LogP contribution in [-0.4, -0.2) is 31.3 Å². The third-order valence-electron chi connectivity index (χ3n) is 2.85. The Labute approximate surface area is 134 Å². The van der Waals surface area contributed by atoms with E-state index in [9.17, 15) is 9.59 Å². The molecule has 3 aromatic rings. The molecule has 0 fully saturated rings. The van der Waals surface area contributed by atoms with Gasteiger partial charge in [-0.3, -0.25) is 9.59 Å². The lowest BCUT2D eigenvalue weighted by atomic mass is 10.1. The molecule has 0 amide bonds. The smallest absolute Gasteiger partial charge is 0.297 e. The van der Waals surface area contributed by atoms with Gasteiger partial charge in [0.15, 0.2) is 4.34 Å². The van der Waals surface area contributed by atoms with Gasteiger partial charge in [0.05, 0.1) is 5.75 Å². The summed E-state index contributed by atoms with van der Waals surface area (Å²) < 4.78 is 1.90. The highest BCUT2D eigenvalue weighted by Gasteiger charge is 2.13. The molecule has 0 bridgehead atoms. The Morgan fingerprint density at radius 1 is 1.27 bits per heavy atom. The molecule has 6 nitrogen and oxygen atoms in total. The number of Topliss-reactive ketones (excluding diaryl/α,β-unsaturated/α-hetero) is 1. The highest BCUT2D eigenvalue weighted by molar-refractivity contribution is 8.01. The Kier molecular flexibility index (Phi) is 4.30. The molecular weight excluding hydrogens is 320 g/mol. The van der Waals surface area contributed by atoms with Crippen LogP contribution in [0, 0.1) is 0 Å². The number of fused-ring (bicyclic) bond motifs is 1. The minimum absolute atomic E-state index is 0.0625. The zero-order chi connectivity index (χ0) is 15.5. The number of carbonyl (C=O) groups excluding carboxylic acids is 1. The van der Waals surface area contributed by atoms with Crippen molar-refractivity contribution >= 4 is 33.8 Å². The summed E-state index contributed by atoms with van der Waals surface area (Å²) in [7, 11) is 0. The topological polar surface area (TPSA) is 77.2 Å². The quantitative estimate of drug-likeness (QED) is 0.663. The number of aromatic nitrogens is 4. The molecule has 22 heavy (non-hydrogen) atoms. The van der Waals surface area contributed by atoms with E-state index in [1.165, 1.54) is 34.5 Å². The largest absolute Gasteiger partial charge is 0.299 e. The number of carbonyl (C=O) groups is 1. The first-order valence-electron chi connectivity index (χ1n) is 6.55. The Bertz CT molecular complexity index is 873. The van der Waals surface area contributed by atoms with Gasteiger partial charge < -0.3 is 0 Å². The Balaban J connectivity index is 1.92. The number of rotatable bonds is 5. The second kappa shape index (κ2) is 6.37. The van der Waals surface area contributed by atoms with Crippen LogP contribution < -0.4 is 5.56 Å². The van der Waals surface area contributed by atoms with Crippen molar-refractivity contribution in [1.82, 2.24) is 19.8 Å². The Morgan fingerprint density at radius 2 is 2.05 bits per heavy atom. The predicted molar refractivity (Wildman–Crippen MR) is 85.6 cm³/mol. The molecule has 0 saturated carbocycles. The van der Waals surface area contributed by atoms with Gasteiger partial charge in [-0.2, -0.15) is 4.52 Å². The summed E-state index contributed by atoms with van der Waals surface area (Å²) in [5.74, 6) is 0.395. The lowest BCUT2D eigenvalue weighted by Crippen LogP contribution is -2.22. The van der Waals surface area contributed by atoms with Crippen LogP contribution in [0.5, 0.6) is 0 Å². The standard InChI is InChI=1S/C14H12N4O2S2/c1-9(19)8-21-14-17-18-12(20)11(15-16-13(18)22-14)7-10-5-3-2-4-6-10/h2-6H,7-8H2,1H3. The van der Waals surface area contributed by atoms with Crippen LogP contribution in [0.15, 0.2) is 39.5 Å². The number of hydrogen-bond acceptors (Lipinski definition) is 7. The molecule has 112 valence electrons. The fraction of sp³-hybridized carbons (Fsp3) is 0.214. The lowest BCUT2D eigenvalue weighted by molar-refractivity contribution is -0.114. The van der Waals surface area contributed by atoms with E-state index in [2.05, 4.69) is 15.3 Å². The highest BCUT2D eigenvalue weighted by atomic mass is 32.2. The third kappa shape index (κ3) is 3.23. The minimum atomic E-state index is -0.264. The average Bonchev–Trinajstić information content (AvgIpc) is 2.93. The van der Waals surface area contributed by atoms with Crippen LogP contribution in [0.3, 0.4) is 0 Å². The van der Waals surface area contributed by atoms with Crippen molar-refractivity contribution in [2.75, 3.05) is 5.75 Å². The van der Waals surface area contributed by atoms with E-state index in [1.807, 2.05) is 30.3 Å². The highest BCUT2D eigenvalue weighted by Crippen LogP contribution is 2.22. The second-order valence-electron chi connectivity index (χ2n) is 4.67. The van der Waals surface area contributed by atoms with Crippen molar-refractivity contribution < 1.29 is 4.79 Å². The van der Waals surface area contributed by atoms with E-state index >= 15 is 0 Å². The number of ketones is 1. The van der Waals surface area contributed by atoms with Gasteiger partial charge in [0.25, 0.3) is 5.56 Å². The Hall–Kier alpha value is -2.06. The first-order valence-corrected chi connectivity index (χ1v) is 8.35. The summed E-state index contributed by atoms with van der Waals surface area (Å²) in [6.45, 7) is 1.52. The van der Waals surface area contributed by atoms with Crippen molar-refractivity contribution in [3.05, 3.63) is 51.9 Å². The van der Waals surface area contributed by atoms with E-state index in [0.717, 1.165) is 5.56 Å². The molecule has 2 heterocycles. The summed E-state index contributed by atoms with van der Waals surface area (Å²) in [5.41, 5.74) is 1.09. The molecule has 3 rings (SSSR count). The van der Waals surface area contributed by atoms with E-state index in [1.54, 1.807) is 0 Å². The van der Waals surface area contributed by atoms with Crippen LogP contribution in [0.1, 0.15) is 18.2 Å². The fourth-order valence-corrected chi connectivity index (χ4v) is 3.52. The first kappa shape index (κ1) is 14.9. The predicted octanol–water partition coefficient (Wildman–Crippen LogP) is 1.82. The molecule has 0 aliphatic carbocycles. The summed E-state index contributed by atoms with van der Waals surface area (Å²) in [6.07, 6.45) is 0.420. The van der Waals surface area contributed by atoms with Crippen molar-refractivity contribution in [3.63, 3.8) is 0 Å². The second-order valence-corrected chi connectivity index (χ2v) is 6.85. The van der Waals surface area contributed by atoms with Crippen molar-refractivity contribution in [2.45, 2.75) is 17.7 Å². The maximum atomic E-state index is 12.4. The van der Waals surface area contributed by atoms with Gasteiger partial charge >= 0.3 is 0 Å². The van der Waals surface area contributed by atoms with Crippen LogP contribution in [0.2, 0.25) is 0 Å². The molecule has 8 heteroatoms. The summed E-state index contributed by atoms with van der Waals surface area (Å²) >= 11 is 2.56. The average molecular weight is 332 g/mol. The van der Waals surface area contributed by atoms with Crippen molar-refractivity contribution in [3.8, 4) is 0 Å². The van der Waals surface area contributed by atoms with E-state index in [4.69, 9.17) is 0 Å². The maximum absolute atomic E-state index is 12.4. The molecule has 2 aromatic heterocycles. The molecule has 0 radical (unpaired) electrons. The SMILES string of the molecule is CC(=O)CSc1nn2c(=O)c(Cc3ccccc3)nnc2s1. The van der Waals surface area contributed by atoms with Crippen LogP contribution in [0.4, 0.5) is 0 Å². The zero-order valence-corrected chi connectivity index (χ0v) is 13.4. The fourth-order valence-electron chi connectivity index (χ4n) is 1.85. The van der Waals surface area contributed by atoms with Crippen molar-refractivity contribution in [2.24, 2.45) is 0 Å². The van der Waals surface area contributed by atoms with Gasteiger partial charge in [-0.05, 0) is 12.5 Å². The monoisotopic (exact) mass is 332 g/mol. The molecular formula is C14H12N4O2S2. The van der Waals surface area contributed by atoms with Gasteiger partial charge in [-0.1, -0.05) is 53.4 Å². The molecule has 0 aliphatic heterocycles. The number of benzene rings is 1. The minimum Gasteiger partial charge on any atom is -0.299 e. The molecule has 0 aliphatic rings. The maximum Gasteiger partial charge on any atom is 0.297 e. The molecule has 0 N–H and O–H groups in total. The van der Waals surface area contributed by atoms with Gasteiger partial charge in [-0.25, -0.2) is 0 Å². The molecule has 0 unspecified atom stereocenters. The first-order chi connectivity index (χ1) is 10.6. The van der Waals surface area contributed by atoms with Crippen LogP contribution in [0.25, 0.3) is 4.96 Å². The molecule has 1 aromatic carbocycles. The third-order valence-corrected chi connectivity index (χ3v) is 5.03. The van der Waals surface area contributed by atoms with Gasteiger partial charge in [0, 0.05) is 6.42 Å². The van der Waals surface area contributed by atoms with Gasteiger partial charge in [0.2, 0.25) is 4.96 Å². The normalized spacial score (nSPS) is 11.0. The van der Waals surface area contributed by atoms with E-state index in [-0.39, 0.29) is 11.3 Å². The lowest BCUT2D eigenvalue weighted by Gasteiger charge is -1.99. The van der Waals surface area contributed by atoms with E-state index in [0.29, 0.717) is 27.2 Å². The summed E-state index contributed by atoms with van der Waals surface area (Å²) in [5, 5.41) is 12.3.